The standard InChI is InChI=1S/C17H14ClN3OS2/c1-9-3-4-11(7-10(9)2)15(22)20-16(23)21-17-19-13-6-5-12(18)8-14(13)24-17/h3-8H,1-2H3,(H2,19,20,21,22,23). The summed E-state index contributed by atoms with van der Waals surface area (Å²) in [5, 5.41) is 7.09. The number of carbonyl (C=O) groups is 1. The van der Waals surface area contributed by atoms with Gasteiger partial charge >= 0.3 is 0 Å². The summed E-state index contributed by atoms with van der Waals surface area (Å²) in [6.07, 6.45) is 0. The molecule has 0 atom stereocenters. The number of fused-ring (bicyclic) bond motifs is 1. The van der Waals surface area contributed by atoms with Crippen molar-refractivity contribution < 1.29 is 4.79 Å². The van der Waals surface area contributed by atoms with Crippen LogP contribution in [0.4, 0.5) is 5.13 Å². The number of rotatable bonds is 2. The van der Waals surface area contributed by atoms with E-state index in [0.29, 0.717) is 15.7 Å². The van der Waals surface area contributed by atoms with E-state index in [9.17, 15) is 4.79 Å². The van der Waals surface area contributed by atoms with Gasteiger partial charge in [-0.2, -0.15) is 0 Å². The summed E-state index contributed by atoms with van der Waals surface area (Å²) in [5.41, 5.74) is 3.60. The van der Waals surface area contributed by atoms with Gasteiger partial charge in [0.25, 0.3) is 5.91 Å². The van der Waals surface area contributed by atoms with Crippen molar-refractivity contribution in [1.82, 2.24) is 10.3 Å². The van der Waals surface area contributed by atoms with Gasteiger partial charge in [-0.25, -0.2) is 4.98 Å². The quantitative estimate of drug-likeness (QED) is 0.638. The highest BCUT2D eigenvalue weighted by Gasteiger charge is 2.11. The van der Waals surface area contributed by atoms with E-state index in [4.69, 9.17) is 23.8 Å². The molecule has 0 unspecified atom stereocenters. The highest BCUT2D eigenvalue weighted by Crippen LogP contribution is 2.28. The summed E-state index contributed by atoms with van der Waals surface area (Å²) >= 11 is 12.6. The third-order valence-electron chi connectivity index (χ3n) is 3.57. The molecule has 1 heterocycles. The number of aromatic nitrogens is 1. The number of anilines is 1. The van der Waals surface area contributed by atoms with Crippen molar-refractivity contribution in [2.45, 2.75) is 13.8 Å². The Bertz CT molecular complexity index is 952. The van der Waals surface area contributed by atoms with Crippen molar-refractivity contribution in [1.29, 1.82) is 0 Å². The van der Waals surface area contributed by atoms with Gasteiger partial charge in [0.05, 0.1) is 10.2 Å². The maximum Gasteiger partial charge on any atom is 0.257 e. The van der Waals surface area contributed by atoms with E-state index in [-0.39, 0.29) is 11.0 Å². The lowest BCUT2D eigenvalue weighted by Gasteiger charge is -2.08. The normalized spacial score (nSPS) is 10.6. The van der Waals surface area contributed by atoms with Crippen LogP contribution in [0.2, 0.25) is 5.02 Å². The number of hydrogen-bond acceptors (Lipinski definition) is 4. The highest BCUT2D eigenvalue weighted by molar-refractivity contribution is 7.80. The predicted molar refractivity (Wildman–Crippen MR) is 104 cm³/mol. The molecule has 2 N–H and O–H groups in total. The first kappa shape index (κ1) is 16.8. The zero-order chi connectivity index (χ0) is 17.3. The number of aryl methyl sites for hydroxylation is 2. The second-order valence-corrected chi connectivity index (χ2v) is 7.21. The fraction of sp³-hybridized carbons (Fsp3) is 0.118. The van der Waals surface area contributed by atoms with Crippen LogP contribution in [0.25, 0.3) is 10.2 Å². The first-order chi connectivity index (χ1) is 11.4. The number of hydrogen-bond donors (Lipinski definition) is 2. The number of carbonyl (C=O) groups excluding carboxylic acids is 1. The van der Waals surface area contributed by atoms with Crippen LogP contribution in [0.15, 0.2) is 36.4 Å². The van der Waals surface area contributed by atoms with E-state index in [1.807, 2.05) is 38.1 Å². The van der Waals surface area contributed by atoms with E-state index in [1.54, 1.807) is 12.1 Å². The minimum absolute atomic E-state index is 0.211. The molecule has 3 aromatic rings. The van der Waals surface area contributed by atoms with E-state index in [2.05, 4.69) is 15.6 Å². The summed E-state index contributed by atoms with van der Waals surface area (Å²) < 4.78 is 0.952. The fourth-order valence-electron chi connectivity index (χ4n) is 2.14. The van der Waals surface area contributed by atoms with E-state index < -0.39 is 0 Å². The lowest BCUT2D eigenvalue weighted by atomic mass is 10.1. The molecule has 0 bridgehead atoms. The van der Waals surface area contributed by atoms with Gasteiger partial charge < -0.3 is 5.32 Å². The second kappa shape index (κ2) is 6.84. The Hall–Kier alpha value is -2.02. The van der Waals surface area contributed by atoms with Crippen molar-refractivity contribution in [2.75, 3.05) is 5.32 Å². The molecule has 3 rings (SSSR count). The van der Waals surface area contributed by atoms with Crippen LogP contribution in [-0.2, 0) is 0 Å². The number of thiocarbonyl (C=S) groups is 1. The van der Waals surface area contributed by atoms with E-state index >= 15 is 0 Å². The van der Waals surface area contributed by atoms with Gasteiger partial charge in [0.1, 0.15) is 0 Å². The highest BCUT2D eigenvalue weighted by atomic mass is 35.5. The van der Waals surface area contributed by atoms with E-state index in [0.717, 1.165) is 21.3 Å². The Balaban J connectivity index is 1.69. The fourth-order valence-corrected chi connectivity index (χ4v) is 3.54. The van der Waals surface area contributed by atoms with Crippen molar-refractivity contribution in [3.63, 3.8) is 0 Å². The number of nitrogens with one attached hydrogen (secondary N) is 2. The average Bonchev–Trinajstić information content (AvgIpc) is 2.90. The van der Waals surface area contributed by atoms with Gasteiger partial charge in [0.15, 0.2) is 10.2 Å². The van der Waals surface area contributed by atoms with Gasteiger partial charge in [0, 0.05) is 10.6 Å². The molecule has 4 nitrogen and oxygen atoms in total. The van der Waals surface area contributed by atoms with Crippen LogP contribution in [0.3, 0.4) is 0 Å². The zero-order valence-electron chi connectivity index (χ0n) is 13.0. The number of thiazole rings is 1. The van der Waals surface area contributed by atoms with Gasteiger partial charge in [-0.3, -0.25) is 10.1 Å². The summed E-state index contributed by atoms with van der Waals surface area (Å²) in [6.45, 7) is 3.97. The number of benzene rings is 2. The van der Waals surface area contributed by atoms with Crippen LogP contribution >= 0.6 is 35.2 Å². The van der Waals surface area contributed by atoms with Gasteiger partial charge in [-0.05, 0) is 67.5 Å². The molecule has 0 spiro atoms. The number of nitrogens with zero attached hydrogens (tertiary/aromatic N) is 1. The molecule has 0 saturated heterocycles. The Morgan fingerprint density at radius 3 is 2.71 bits per heavy atom. The molecule has 0 radical (unpaired) electrons. The third-order valence-corrected chi connectivity index (χ3v) is 4.94. The van der Waals surface area contributed by atoms with Crippen molar-refractivity contribution in [3.8, 4) is 0 Å². The Kier molecular flexibility index (Phi) is 4.80. The minimum Gasteiger partial charge on any atom is -0.308 e. The first-order valence-electron chi connectivity index (χ1n) is 7.18. The average molecular weight is 376 g/mol. The number of halogens is 1. The molecule has 0 fully saturated rings. The Morgan fingerprint density at radius 2 is 1.96 bits per heavy atom. The molecular formula is C17H14ClN3OS2. The van der Waals surface area contributed by atoms with Crippen LogP contribution in [0.5, 0.6) is 0 Å². The van der Waals surface area contributed by atoms with Gasteiger partial charge in [0.2, 0.25) is 0 Å². The number of amides is 1. The first-order valence-corrected chi connectivity index (χ1v) is 8.78. The molecule has 24 heavy (non-hydrogen) atoms. The molecule has 122 valence electrons. The molecule has 1 aromatic heterocycles. The van der Waals surface area contributed by atoms with Crippen LogP contribution in [-0.4, -0.2) is 16.0 Å². The molecular weight excluding hydrogens is 362 g/mol. The maximum atomic E-state index is 12.3. The lowest BCUT2D eigenvalue weighted by Crippen LogP contribution is -2.34. The zero-order valence-corrected chi connectivity index (χ0v) is 15.4. The lowest BCUT2D eigenvalue weighted by molar-refractivity contribution is 0.0977. The third kappa shape index (κ3) is 3.72. The Labute approximate surface area is 153 Å². The molecule has 0 saturated carbocycles. The van der Waals surface area contributed by atoms with Gasteiger partial charge in [-0.1, -0.05) is 29.0 Å². The largest absolute Gasteiger partial charge is 0.308 e. The van der Waals surface area contributed by atoms with Crippen molar-refractivity contribution in [2.24, 2.45) is 0 Å². The molecule has 0 aliphatic carbocycles. The van der Waals surface area contributed by atoms with Gasteiger partial charge in [-0.15, -0.1) is 0 Å². The SMILES string of the molecule is Cc1ccc(C(=O)NC(=S)Nc2nc3ccc(Cl)cc3s2)cc1C. The van der Waals surface area contributed by atoms with Crippen LogP contribution in [0.1, 0.15) is 21.5 Å². The van der Waals surface area contributed by atoms with Crippen molar-refractivity contribution >= 4 is 61.5 Å². The minimum atomic E-state index is -0.250. The molecule has 0 aliphatic heterocycles. The molecule has 0 aliphatic rings. The van der Waals surface area contributed by atoms with E-state index in [1.165, 1.54) is 11.3 Å². The predicted octanol–water partition coefficient (Wildman–Crippen LogP) is 4.69. The molecule has 1 amide bonds. The van der Waals surface area contributed by atoms with Crippen LogP contribution < -0.4 is 10.6 Å². The monoisotopic (exact) mass is 375 g/mol. The molecule has 7 heteroatoms. The summed E-state index contributed by atoms with van der Waals surface area (Å²) in [6, 6.07) is 11.0. The Morgan fingerprint density at radius 1 is 1.17 bits per heavy atom. The molecule has 2 aromatic carbocycles. The maximum absolute atomic E-state index is 12.3. The summed E-state index contributed by atoms with van der Waals surface area (Å²) in [5.74, 6) is -0.250. The second-order valence-electron chi connectivity index (χ2n) is 5.34. The smallest absolute Gasteiger partial charge is 0.257 e. The van der Waals surface area contributed by atoms with Crippen LogP contribution in [0, 0.1) is 13.8 Å². The summed E-state index contributed by atoms with van der Waals surface area (Å²) in [4.78, 5) is 16.7. The topological polar surface area (TPSA) is 54.0 Å². The summed E-state index contributed by atoms with van der Waals surface area (Å²) in [7, 11) is 0. The van der Waals surface area contributed by atoms with Crippen molar-refractivity contribution in [3.05, 3.63) is 58.1 Å².